The third-order valence-electron chi connectivity index (χ3n) is 3.51. The number of hydrogen-bond acceptors (Lipinski definition) is 7. The van der Waals surface area contributed by atoms with Crippen LogP contribution in [0.4, 0.5) is 0 Å². The molecular formula is C18H18N4O3S. The third kappa shape index (κ3) is 4.02. The zero-order chi connectivity index (χ0) is 18.4. The molecular weight excluding hydrogens is 352 g/mol. The monoisotopic (exact) mass is 370 g/mol. The Morgan fingerprint density at radius 1 is 1.19 bits per heavy atom. The molecule has 2 aromatic heterocycles. The fraction of sp³-hybridized carbons (Fsp3) is 0.222. The van der Waals surface area contributed by atoms with Crippen molar-refractivity contribution in [3.63, 3.8) is 0 Å². The fourth-order valence-corrected chi connectivity index (χ4v) is 3.10. The van der Waals surface area contributed by atoms with E-state index in [1.165, 1.54) is 18.9 Å². The van der Waals surface area contributed by atoms with Crippen molar-refractivity contribution in [2.24, 2.45) is 0 Å². The molecule has 0 fully saturated rings. The normalized spacial score (nSPS) is 10.5. The van der Waals surface area contributed by atoms with Crippen molar-refractivity contribution >= 4 is 17.7 Å². The van der Waals surface area contributed by atoms with Gasteiger partial charge in [-0.25, -0.2) is 0 Å². The first-order chi connectivity index (χ1) is 12.7. The second-order valence-corrected chi connectivity index (χ2v) is 6.12. The van der Waals surface area contributed by atoms with Crippen LogP contribution in [0.5, 0.6) is 5.75 Å². The lowest BCUT2D eigenvalue weighted by molar-refractivity contribution is -0.137. The van der Waals surface area contributed by atoms with E-state index in [0.29, 0.717) is 17.6 Å². The van der Waals surface area contributed by atoms with Crippen molar-refractivity contribution in [1.82, 2.24) is 19.7 Å². The van der Waals surface area contributed by atoms with E-state index in [1.54, 1.807) is 12.4 Å². The van der Waals surface area contributed by atoms with Crippen LogP contribution in [0, 0.1) is 0 Å². The van der Waals surface area contributed by atoms with Gasteiger partial charge in [0.25, 0.3) is 0 Å². The van der Waals surface area contributed by atoms with Gasteiger partial charge in [0, 0.05) is 23.6 Å². The maximum Gasteiger partial charge on any atom is 0.316 e. The molecule has 8 heteroatoms. The maximum absolute atomic E-state index is 11.5. The van der Waals surface area contributed by atoms with Crippen molar-refractivity contribution in [3.05, 3.63) is 48.8 Å². The van der Waals surface area contributed by atoms with Gasteiger partial charge in [0.05, 0.1) is 19.5 Å². The summed E-state index contributed by atoms with van der Waals surface area (Å²) in [4.78, 5) is 15.6. The average molecular weight is 370 g/mol. The van der Waals surface area contributed by atoms with Gasteiger partial charge in [-0.05, 0) is 43.3 Å². The Morgan fingerprint density at radius 3 is 2.65 bits per heavy atom. The largest absolute Gasteiger partial charge is 0.494 e. The topological polar surface area (TPSA) is 79.1 Å². The Kier molecular flexibility index (Phi) is 5.85. The molecule has 1 aromatic carbocycles. The lowest BCUT2D eigenvalue weighted by Gasteiger charge is -2.11. The van der Waals surface area contributed by atoms with Crippen LogP contribution in [0.15, 0.2) is 53.9 Å². The summed E-state index contributed by atoms with van der Waals surface area (Å²) >= 11 is 1.27. The summed E-state index contributed by atoms with van der Waals surface area (Å²) in [5, 5.41) is 9.13. The average Bonchev–Trinajstić information content (AvgIpc) is 3.11. The van der Waals surface area contributed by atoms with Crippen LogP contribution in [-0.2, 0) is 9.53 Å². The van der Waals surface area contributed by atoms with Crippen molar-refractivity contribution in [1.29, 1.82) is 0 Å². The van der Waals surface area contributed by atoms with Crippen LogP contribution in [0.25, 0.3) is 17.1 Å². The quantitative estimate of drug-likeness (QED) is 0.467. The summed E-state index contributed by atoms with van der Waals surface area (Å²) in [6, 6.07) is 11.4. The Bertz CT molecular complexity index is 866. The summed E-state index contributed by atoms with van der Waals surface area (Å²) in [6.45, 7) is 2.54. The summed E-state index contributed by atoms with van der Waals surface area (Å²) < 4.78 is 12.1. The molecule has 0 amide bonds. The number of thioether (sulfide) groups is 1. The molecule has 0 atom stereocenters. The van der Waals surface area contributed by atoms with E-state index in [4.69, 9.17) is 9.47 Å². The van der Waals surface area contributed by atoms with E-state index in [0.717, 1.165) is 17.0 Å². The summed E-state index contributed by atoms with van der Waals surface area (Å²) in [5.74, 6) is 1.27. The lowest BCUT2D eigenvalue weighted by Crippen LogP contribution is -2.05. The maximum atomic E-state index is 11.5. The summed E-state index contributed by atoms with van der Waals surface area (Å²) in [7, 11) is 1.36. The van der Waals surface area contributed by atoms with Crippen LogP contribution in [0.2, 0.25) is 0 Å². The molecule has 0 aliphatic carbocycles. The molecule has 0 aliphatic rings. The molecule has 26 heavy (non-hydrogen) atoms. The smallest absolute Gasteiger partial charge is 0.316 e. The standard InChI is InChI=1S/C18H18N4O3S/c1-3-25-15-8-6-14(7-9-15)22-17(13-5-4-10-19-11-13)20-21-18(22)26-12-16(23)24-2/h4-11H,3,12H2,1-2H3. The summed E-state index contributed by atoms with van der Waals surface area (Å²) in [6.07, 6.45) is 3.43. The Labute approximate surface area is 155 Å². The van der Waals surface area contributed by atoms with Crippen molar-refractivity contribution in [2.45, 2.75) is 12.1 Å². The first-order valence-corrected chi connectivity index (χ1v) is 9.00. The van der Waals surface area contributed by atoms with Crippen LogP contribution in [0.1, 0.15) is 6.92 Å². The SMILES string of the molecule is CCOc1ccc(-n2c(SCC(=O)OC)nnc2-c2cccnc2)cc1. The van der Waals surface area contributed by atoms with E-state index < -0.39 is 0 Å². The lowest BCUT2D eigenvalue weighted by atomic mass is 10.2. The number of methoxy groups -OCH3 is 1. The van der Waals surface area contributed by atoms with E-state index in [1.807, 2.05) is 47.9 Å². The molecule has 0 aliphatic heterocycles. The molecule has 7 nitrogen and oxygen atoms in total. The number of nitrogens with zero attached hydrogens (tertiary/aromatic N) is 4. The molecule has 0 saturated carbocycles. The van der Waals surface area contributed by atoms with Gasteiger partial charge in [-0.15, -0.1) is 10.2 Å². The second kappa shape index (κ2) is 8.48. The zero-order valence-corrected chi connectivity index (χ0v) is 15.3. The predicted molar refractivity (Wildman–Crippen MR) is 98.5 cm³/mol. The van der Waals surface area contributed by atoms with Gasteiger partial charge < -0.3 is 9.47 Å². The van der Waals surface area contributed by atoms with Gasteiger partial charge in [-0.1, -0.05) is 11.8 Å². The molecule has 0 N–H and O–H groups in total. The highest BCUT2D eigenvalue weighted by Crippen LogP contribution is 2.28. The molecule has 0 radical (unpaired) electrons. The third-order valence-corrected chi connectivity index (χ3v) is 4.41. The number of carbonyl (C=O) groups is 1. The molecule has 0 spiro atoms. The minimum atomic E-state index is -0.320. The van der Waals surface area contributed by atoms with Crippen molar-refractivity contribution in [2.75, 3.05) is 19.5 Å². The van der Waals surface area contributed by atoms with E-state index in [9.17, 15) is 4.79 Å². The molecule has 0 bridgehead atoms. The number of rotatable bonds is 7. The highest BCUT2D eigenvalue weighted by molar-refractivity contribution is 7.99. The number of ether oxygens (including phenoxy) is 2. The molecule has 2 heterocycles. The van der Waals surface area contributed by atoms with Crippen molar-refractivity contribution < 1.29 is 14.3 Å². The highest BCUT2D eigenvalue weighted by atomic mass is 32.2. The highest BCUT2D eigenvalue weighted by Gasteiger charge is 2.17. The van der Waals surface area contributed by atoms with Gasteiger partial charge in [0.15, 0.2) is 11.0 Å². The number of aromatic nitrogens is 4. The van der Waals surface area contributed by atoms with Crippen LogP contribution < -0.4 is 4.74 Å². The van der Waals surface area contributed by atoms with Gasteiger partial charge in [0.2, 0.25) is 0 Å². The molecule has 0 unspecified atom stereocenters. The minimum Gasteiger partial charge on any atom is -0.494 e. The fourth-order valence-electron chi connectivity index (χ4n) is 2.32. The number of carbonyl (C=O) groups excluding carboxylic acids is 1. The molecule has 0 saturated heterocycles. The molecule has 134 valence electrons. The second-order valence-electron chi connectivity index (χ2n) is 5.18. The van der Waals surface area contributed by atoms with Gasteiger partial charge in [0.1, 0.15) is 5.75 Å². The molecule has 3 aromatic rings. The number of benzene rings is 1. The van der Waals surface area contributed by atoms with Crippen molar-refractivity contribution in [3.8, 4) is 22.8 Å². The van der Waals surface area contributed by atoms with E-state index >= 15 is 0 Å². The Hall–Kier alpha value is -2.87. The zero-order valence-electron chi connectivity index (χ0n) is 14.5. The van der Waals surface area contributed by atoms with Crippen LogP contribution in [-0.4, -0.2) is 45.2 Å². The van der Waals surface area contributed by atoms with E-state index in [-0.39, 0.29) is 11.7 Å². The number of esters is 1. The predicted octanol–water partition coefficient (Wildman–Crippen LogP) is 2.99. The number of pyridine rings is 1. The first kappa shape index (κ1) is 17.9. The van der Waals surface area contributed by atoms with Crippen LogP contribution >= 0.6 is 11.8 Å². The summed E-state index contributed by atoms with van der Waals surface area (Å²) in [5.41, 5.74) is 1.70. The van der Waals surface area contributed by atoms with Gasteiger partial charge >= 0.3 is 5.97 Å². The molecule has 3 rings (SSSR count). The van der Waals surface area contributed by atoms with Gasteiger partial charge in [-0.3, -0.25) is 14.3 Å². The Balaban J connectivity index is 2.01. The minimum absolute atomic E-state index is 0.151. The number of hydrogen-bond donors (Lipinski definition) is 0. The van der Waals surface area contributed by atoms with Crippen LogP contribution in [0.3, 0.4) is 0 Å². The first-order valence-electron chi connectivity index (χ1n) is 8.01. The Morgan fingerprint density at radius 2 is 2.00 bits per heavy atom. The van der Waals surface area contributed by atoms with Gasteiger partial charge in [-0.2, -0.15) is 0 Å². The van der Waals surface area contributed by atoms with E-state index in [2.05, 4.69) is 15.2 Å².